The van der Waals surface area contributed by atoms with Crippen LogP contribution in [0.15, 0.2) is 30.5 Å². The minimum atomic E-state index is -0.0165. The Labute approximate surface area is 147 Å². The largest absolute Gasteiger partial charge is 0.377 e. The van der Waals surface area contributed by atoms with Gasteiger partial charge in [-0.05, 0) is 37.9 Å². The summed E-state index contributed by atoms with van der Waals surface area (Å²) < 4.78 is 5.74. The molecular formula is C19H24N4O2. The lowest BCUT2D eigenvalue weighted by Gasteiger charge is -2.24. The fourth-order valence-corrected chi connectivity index (χ4v) is 3.66. The Hall–Kier alpha value is -2.05. The van der Waals surface area contributed by atoms with Crippen molar-refractivity contribution in [3.8, 4) is 0 Å². The summed E-state index contributed by atoms with van der Waals surface area (Å²) in [6, 6.07) is 7.65. The molecule has 2 aromatic rings. The lowest BCUT2D eigenvalue weighted by molar-refractivity contribution is 0.0701. The number of aromatic nitrogens is 2. The van der Waals surface area contributed by atoms with Crippen LogP contribution in [0.3, 0.4) is 0 Å². The molecule has 3 heterocycles. The van der Waals surface area contributed by atoms with Gasteiger partial charge in [0.05, 0.1) is 23.3 Å². The molecule has 1 aromatic carbocycles. The quantitative estimate of drug-likeness (QED) is 0.855. The van der Waals surface area contributed by atoms with Crippen molar-refractivity contribution in [2.45, 2.75) is 25.4 Å². The van der Waals surface area contributed by atoms with E-state index in [1.54, 1.807) is 6.20 Å². The molecule has 0 unspecified atom stereocenters. The van der Waals surface area contributed by atoms with E-state index in [1.165, 1.54) is 6.42 Å². The molecule has 0 radical (unpaired) electrons. The molecule has 6 nitrogen and oxygen atoms in total. The molecule has 4 rings (SSSR count). The molecule has 0 bridgehead atoms. The zero-order valence-electron chi connectivity index (χ0n) is 14.4. The van der Waals surface area contributed by atoms with Crippen LogP contribution in [-0.2, 0) is 4.74 Å². The lowest BCUT2D eigenvalue weighted by Crippen LogP contribution is -2.37. The Balaban J connectivity index is 1.41. The normalized spacial score (nSPS) is 22.2. The molecule has 0 spiro atoms. The molecule has 25 heavy (non-hydrogen) atoms. The van der Waals surface area contributed by atoms with E-state index in [9.17, 15) is 4.79 Å². The zero-order valence-corrected chi connectivity index (χ0v) is 14.4. The Morgan fingerprint density at radius 1 is 1.12 bits per heavy atom. The van der Waals surface area contributed by atoms with Crippen LogP contribution in [-0.4, -0.2) is 71.1 Å². The molecule has 1 aromatic heterocycles. The Morgan fingerprint density at radius 3 is 2.84 bits per heavy atom. The highest BCUT2D eigenvalue weighted by Gasteiger charge is 2.24. The van der Waals surface area contributed by atoms with Crippen molar-refractivity contribution in [2.75, 3.05) is 39.3 Å². The van der Waals surface area contributed by atoms with Crippen LogP contribution >= 0.6 is 0 Å². The van der Waals surface area contributed by atoms with Crippen molar-refractivity contribution in [2.24, 2.45) is 0 Å². The molecule has 2 saturated heterocycles. The van der Waals surface area contributed by atoms with Crippen LogP contribution < -0.4 is 0 Å². The Morgan fingerprint density at radius 2 is 2.00 bits per heavy atom. The van der Waals surface area contributed by atoms with Crippen LogP contribution in [0.5, 0.6) is 0 Å². The lowest BCUT2D eigenvalue weighted by atomic mass is 10.2. The van der Waals surface area contributed by atoms with Crippen LogP contribution in [0.25, 0.3) is 11.0 Å². The van der Waals surface area contributed by atoms with E-state index in [-0.39, 0.29) is 5.91 Å². The van der Waals surface area contributed by atoms with Gasteiger partial charge < -0.3 is 9.64 Å². The van der Waals surface area contributed by atoms with Gasteiger partial charge in [0.2, 0.25) is 0 Å². The standard InChI is InChI=1S/C19H24N4O2/c24-19(18-13-20-16-6-1-2-7-17(16)21-18)23-9-4-8-22(10-11-23)14-15-5-3-12-25-15/h1-2,6-7,13,15H,3-5,8-12,14H2/t15-/m1/s1. The van der Waals surface area contributed by atoms with Crippen LogP contribution in [0.1, 0.15) is 29.8 Å². The molecule has 2 fully saturated rings. The first-order valence-corrected chi connectivity index (χ1v) is 9.14. The summed E-state index contributed by atoms with van der Waals surface area (Å²) in [6.07, 6.45) is 5.28. The summed E-state index contributed by atoms with van der Waals surface area (Å²) in [6.45, 7) is 5.30. The van der Waals surface area contributed by atoms with E-state index in [4.69, 9.17) is 4.74 Å². The number of carbonyl (C=O) groups excluding carboxylic acids is 1. The summed E-state index contributed by atoms with van der Waals surface area (Å²) in [5, 5.41) is 0. The second-order valence-corrected chi connectivity index (χ2v) is 6.83. The molecule has 1 amide bonds. The van der Waals surface area contributed by atoms with Gasteiger partial charge in [0.25, 0.3) is 5.91 Å². The maximum Gasteiger partial charge on any atom is 0.274 e. The average Bonchev–Trinajstić information content (AvgIpc) is 3.05. The highest BCUT2D eigenvalue weighted by Crippen LogP contribution is 2.16. The highest BCUT2D eigenvalue weighted by atomic mass is 16.5. The molecule has 1 atom stereocenters. The average molecular weight is 340 g/mol. The summed E-state index contributed by atoms with van der Waals surface area (Å²) in [5.41, 5.74) is 2.02. The van der Waals surface area contributed by atoms with Gasteiger partial charge in [0.15, 0.2) is 0 Å². The van der Waals surface area contributed by atoms with Gasteiger partial charge in [0.1, 0.15) is 5.69 Å². The number of fused-ring (bicyclic) bond motifs is 1. The van der Waals surface area contributed by atoms with Crippen LogP contribution in [0, 0.1) is 0 Å². The van der Waals surface area contributed by atoms with Gasteiger partial charge in [-0.3, -0.25) is 14.7 Å². The molecule has 0 N–H and O–H groups in total. The van der Waals surface area contributed by atoms with E-state index < -0.39 is 0 Å². The maximum atomic E-state index is 12.8. The van der Waals surface area contributed by atoms with Crippen LogP contribution in [0.2, 0.25) is 0 Å². The Bertz CT molecular complexity index is 745. The first-order valence-electron chi connectivity index (χ1n) is 9.14. The number of ether oxygens (including phenoxy) is 1. The second kappa shape index (κ2) is 7.45. The van der Waals surface area contributed by atoms with Crippen molar-refractivity contribution in [1.82, 2.24) is 19.8 Å². The number of benzene rings is 1. The number of para-hydroxylation sites is 2. The van der Waals surface area contributed by atoms with E-state index >= 15 is 0 Å². The molecular weight excluding hydrogens is 316 g/mol. The van der Waals surface area contributed by atoms with Crippen LogP contribution in [0.4, 0.5) is 0 Å². The van der Waals surface area contributed by atoms with Crippen molar-refractivity contribution in [1.29, 1.82) is 0 Å². The third kappa shape index (κ3) is 3.80. The number of rotatable bonds is 3. The predicted molar refractivity (Wildman–Crippen MR) is 95.5 cm³/mol. The number of carbonyl (C=O) groups is 1. The third-order valence-corrected chi connectivity index (χ3v) is 5.03. The predicted octanol–water partition coefficient (Wildman–Crippen LogP) is 1.96. The van der Waals surface area contributed by atoms with E-state index in [0.29, 0.717) is 11.8 Å². The molecule has 0 aliphatic carbocycles. The minimum absolute atomic E-state index is 0.0165. The Kier molecular flexibility index (Phi) is 4.90. The summed E-state index contributed by atoms with van der Waals surface area (Å²) in [4.78, 5) is 26.0. The number of hydrogen-bond donors (Lipinski definition) is 0. The SMILES string of the molecule is O=C(c1cnc2ccccc2n1)N1CCCN(C[C@H]2CCCO2)CC1. The van der Waals surface area contributed by atoms with Gasteiger partial charge in [0, 0.05) is 32.8 Å². The second-order valence-electron chi connectivity index (χ2n) is 6.83. The minimum Gasteiger partial charge on any atom is -0.377 e. The van der Waals surface area contributed by atoms with Crippen molar-refractivity contribution in [3.05, 3.63) is 36.2 Å². The molecule has 0 saturated carbocycles. The monoisotopic (exact) mass is 340 g/mol. The third-order valence-electron chi connectivity index (χ3n) is 5.03. The molecule has 2 aliphatic heterocycles. The van der Waals surface area contributed by atoms with Gasteiger partial charge in [-0.15, -0.1) is 0 Å². The summed E-state index contributed by atoms with van der Waals surface area (Å²) in [5.74, 6) is -0.0165. The van der Waals surface area contributed by atoms with Crippen molar-refractivity contribution < 1.29 is 9.53 Å². The highest BCUT2D eigenvalue weighted by molar-refractivity contribution is 5.93. The van der Waals surface area contributed by atoms with E-state index in [0.717, 1.165) is 63.2 Å². The first-order chi connectivity index (χ1) is 12.3. The van der Waals surface area contributed by atoms with Gasteiger partial charge in [-0.25, -0.2) is 4.98 Å². The van der Waals surface area contributed by atoms with Gasteiger partial charge >= 0.3 is 0 Å². The smallest absolute Gasteiger partial charge is 0.274 e. The molecule has 2 aliphatic rings. The van der Waals surface area contributed by atoms with Crippen molar-refractivity contribution >= 4 is 16.9 Å². The fraction of sp³-hybridized carbons (Fsp3) is 0.526. The van der Waals surface area contributed by atoms with Gasteiger partial charge in [-0.2, -0.15) is 0 Å². The molecule has 132 valence electrons. The maximum absolute atomic E-state index is 12.8. The molecule has 6 heteroatoms. The number of hydrogen-bond acceptors (Lipinski definition) is 5. The summed E-state index contributed by atoms with van der Waals surface area (Å²) in [7, 11) is 0. The summed E-state index contributed by atoms with van der Waals surface area (Å²) >= 11 is 0. The van der Waals surface area contributed by atoms with Crippen molar-refractivity contribution in [3.63, 3.8) is 0 Å². The van der Waals surface area contributed by atoms with Gasteiger partial charge in [-0.1, -0.05) is 12.1 Å². The van der Waals surface area contributed by atoms with E-state index in [1.807, 2.05) is 29.2 Å². The zero-order chi connectivity index (χ0) is 17.1. The number of amides is 1. The van der Waals surface area contributed by atoms with E-state index in [2.05, 4.69) is 14.9 Å². The topological polar surface area (TPSA) is 58.6 Å². The number of nitrogens with zero attached hydrogens (tertiary/aromatic N) is 4. The fourth-order valence-electron chi connectivity index (χ4n) is 3.66. The first kappa shape index (κ1) is 16.4.